The summed E-state index contributed by atoms with van der Waals surface area (Å²) in [5.41, 5.74) is 0. The number of hydrogen-bond acceptors (Lipinski definition) is 2. The molecule has 0 rings (SSSR count). The van der Waals surface area contributed by atoms with Crippen LogP contribution in [0.15, 0.2) is 0 Å². The molecule has 0 saturated carbocycles. The second kappa shape index (κ2) is 33.0. The Bertz CT molecular complexity index is 12.8. The van der Waals surface area contributed by atoms with E-state index in [9.17, 15) is 0 Å². The smallest absolute Gasteiger partial charge is 0.870 e. The molecule has 0 saturated heterocycles. The molecule has 0 spiro atoms. The molecule has 0 fully saturated rings. The maximum absolute atomic E-state index is 6.25. The molecule has 3 heteroatoms. The number of rotatable bonds is 0. The van der Waals surface area contributed by atoms with Gasteiger partial charge in [0.1, 0.15) is 0 Å². The van der Waals surface area contributed by atoms with Gasteiger partial charge in [0.25, 0.3) is 0 Å². The number of nitrogens with zero attached hydrogens (tertiary/aromatic N) is 1. The first-order chi connectivity index (χ1) is 1.00. The van der Waals surface area contributed by atoms with E-state index < -0.39 is 0 Å². The van der Waals surface area contributed by atoms with Gasteiger partial charge < -0.3 is 17.3 Å². The summed E-state index contributed by atoms with van der Waals surface area (Å²) in [5, 5.41) is 6.25. The van der Waals surface area contributed by atoms with E-state index in [-0.39, 0.29) is 56.9 Å². The van der Waals surface area contributed by atoms with Crippen LogP contribution >= 0.6 is 0 Å². The van der Waals surface area contributed by atoms with Crippen LogP contribution in [0.25, 0.3) is 0 Å². The van der Waals surface area contributed by atoms with Crippen molar-refractivity contribution < 1.29 is 56.9 Å². The second-order valence-electron chi connectivity index (χ2n) is 0. The van der Waals surface area contributed by atoms with Crippen molar-refractivity contribution in [1.29, 1.82) is 5.26 Å². The van der Waals surface area contributed by atoms with Gasteiger partial charge in [-0.1, -0.05) is 0 Å². The molecule has 0 unspecified atom stereocenters. The third-order valence-corrected chi connectivity index (χ3v) is 0. The second-order valence-corrected chi connectivity index (χ2v) is 0. The molecule has 0 atom stereocenters. The van der Waals surface area contributed by atoms with Crippen LogP contribution in [0, 0.1) is 11.8 Å². The average Bonchev–Trinajstić information content (AvgIpc) is 1.00. The van der Waals surface area contributed by atoms with Crippen LogP contribution in [0.3, 0.4) is 0 Å². The van der Waals surface area contributed by atoms with Crippen LogP contribution < -0.4 is 51.4 Å². The molecule has 0 aromatic carbocycles. The van der Waals surface area contributed by atoms with Crippen LogP contribution in [0.1, 0.15) is 0 Å². The van der Waals surface area contributed by atoms with Crippen molar-refractivity contribution in [1.82, 2.24) is 0 Å². The average molecular weight is 82.1 g/mol. The van der Waals surface area contributed by atoms with Crippen molar-refractivity contribution in [2.24, 2.45) is 0 Å². The van der Waals surface area contributed by atoms with E-state index >= 15 is 0 Å². The molecule has 0 aromatic rings. The summed E-state index contributed by atoms with van der Waals surface area (Å²) in [7, 11) is 0. The fraction of sp³-hybridized carbons (Fsp3) is 0. The largest absolute Gasteiger partial charge is 1.00 e. The Balaban J connectivity index is -0.00000000500. The van der Waals surface area contributed by atoms with E-state index in [0.29, 0.717) is 0 Å². The van der Waals surface area contributed by atoms with Crippen molar-refractivity contribution >= 4 is 0 Å². The quantitative estimate of drug-likeness (QED) is 0.230. The molecular formula is CHKNO-. The Morgan fingerprint density at radius 1 is 1.25 bits per heavy atom. The molecule has 4 heavy (non-hydrogen) atoms. The monoisotopic (exact) mass is 82.0 g/mol. The minimum Gasteiger partial charge on any atom is -0.870 e. The fourth-order valence-corrected chi connectivity index (χ4v) is 0. The summed E-state index contributed by atoms with van der Waals surface area (Å²) in [6.07, 6.45) is 0. The van der Waals surface area contributed by atoms with Gasteiger partial charge in [-0.2, -0.15) is 0 Å². The third-order valence-electron chi connectivity index (χ3n) is 0. The van der Waals surface area contributed by atoms with Gasteiger partial charge in [0.05, 0.1) is 0 Å². The van der Waals surface area contributed by atoms with Gasteiger partial charge in [0.15, 0.2) is 0 Å². The summed E-state index contributed by atoms with van der Waals surface area (Å²) in [4.78, 5) is 0. The maximum atomic E-state index is 6.25. The van der Waals surface area contributed by atoms with Gasteiger partial charge in [0, 0.05) is 0 Å². The molecule has 0 heterocycles. The molecule has 0 radical (unpaired) electrons. The summed E-state index contributed by atoms with van der Waals surface area (Å²) >= 11 is 0. The van der Waals surface area contributed by atoms with Gasteiger partial charge in [-0.25, -0.2) is 0 Å². The van der Waals surface area contributed by atoms with E-state index in [2.05, 4.69) is 0 Å². The predicted octanol–water partition coefficient (Wildman–Crippen LogP) is -3.08. The molecule has 0 amide bonds. The molecule has 1 N–H and O–H groups in total. The third kappa shape index (κ3) is 11.4. The fourth-order valence-electron chi connectivity index (χ4n) is 0. The summed E-state index contributed by atoms with van der Waals surface area (Å²) in [6.45, 7) is 4.75. The Morgan fingerprint density at radius 2 is 1.25 bits per heavy atom. The molecule has 0 aliphatic heterocycles. The topological polar surface area (TPSA) is 53.8 Å². The molecule has 0 aromatic heterocycles. The zero-order valence-corrected chi connectivity index (χ0v) is 5.52. The van der Waals surface area contributed by atoms with E-state index in [4.69, 9.17) is 11.8 Å². The Hall–Kier alpha value is 1.09. The first kappa shape index (κ1) is 19.5. The van der Waals surface area contributed by atoms with Crippen LogP contribution in [0.5, 0.6) is 0 Å². The van der Waals surface area contributed by atoms with Crippen molar-refractivity contribution in [3.63, 3.8) is 0 Å². The zero-order valence-electron chi connectivity index (χ0n) is 2.39. The van der Waals surface area contributed by atoms with E-state index in [1.807, 2.05) is 0 Å². The predicted molar refractivity (Wildman–Crippen MR) is 6.90 cm³/mol. The van der Waals surface area contributed by atoms with Crippen LogP contribution in [-0.4, -0.2) is 5.48 Å². The van der Waals surface area contributed by atoms with Crippen LogP contribution in [0.4, 0.5) is 0 Å². The van der Waals surface area contributed by atoms with E-state index in [1.54, 1.807) is 0 Å². The van der Waals surface area contributed by atoms with Crippen LogP contribution in [0.2, 0.25) is 0 Å². The Labute approximate surface area is 67.5 Å². The maximum Gasteiger partial charge on any atom is 1.00 e. The van der Waals surface area contributed by atoms with Crippen LogP contribution in [-0.2, 0) is 0 Å². The molecule has 2 nitrogen and oxygen atoms in total. The van der Waals surface area contributed by atoms with Gasteiger partial charge in [0.2, 0.25) is 0 Å². The Morgan fingerprint density at radius 3 is 1.25 bits per heavy atom. The SMILES string of the molecule is [C-]#N.[K+].[OH-]. The van der Waals surface area contributed by atoms with Gasteiger partial charge in [-0.3, -0.25) is 0 Å². The first-order valence-electron chi connectivity index (χ1n) is 0.224. The van der Waals surface area contributed by atoms with E-state index in [1.165, 1.54) is 0 Å². The standard InChI is InChI=1S/CN.K.H2O/c1-2;;/h;;1H2/q-1;+1;/p-1. The minimum absolute atomic E-state index is 0. The molecule has 0 aliphatic rings. The van der Waals surface area contributed by atoms with Crippen molar-refractivity contribution in [2.45, 2.75) is 0 Å². The minimum atomic E-state index is 0. The Kier molecular flexibility index (Phi) is 161. The van der Waals surface area contributed by atoms with Gasteiger partial charge >= 0.3 is 51.4 Å². The molecule has 0 aliphatic carbocycles. The van der Waals surface area contributed by atoms with Crippen molar-refractivity contribution in [2.75, 3.05) is 0 Å². The molecule has 0 bridgehead atoms. The zero-order chi connectivity index (χ0) is 2.00. The van der Waals surface area contributed by atoms with Gasteiger partial charge in [-0.15, -0.1) is 0 Å². The van der Waals surface area contributed by atoms with E-state index in [0.717, 1.165) is 0 Å². The van der Waals surface area contributed by atoms with Crippen molar-refractivity contribution in [3.05, 3.63) is 6.57 Å². The van der Waals surface area contributed by atoms with Gasteiger partial charge in [-0.05, 0) is 0 Å². The summed E-state index contributed by atoms with van der Waals surface area (Å²) < 4.78 is 0. The first-order valence-corrected chi connectivity index (χ1v) is 0.224. The molecule has 18 valence electrons. The summed E-state index contributed by atoms with van der Waals surface area (Å²) in [6, 6.07) is 0. The number of hydrogen-bond donors (Lipinski definition) is 0. The van der Waals surface area contributed by atoms with Crippen molar-refractivity contribution in [3.8, 4) is 0 Å². The summed E-state index contributed by atoms with van der Waals surface area (Å²) in [5.74, 6) is 0. The molecular weight excluding hydrogens is 81.1 g/mol. The normalized spacial score (nSPS) is 0.500.